The van der Waals surface area contributed by atoms with Gasteiger partial charge < -0.3 is 9.47 Å². The largest absolute Gasteiger partial charge is 0.497 e. The first-order chi connectivity index (χ1) is 18.0. The molecule has 0 unspecified atom stereocenters. The highest BCUT2D eigenvalue weighted by Crippen LogP contribution is 2.36. The van der Waals surface area contributed by atoms with E-state index in [1.165, 1.54) is 36.4 Å². The molecular formula is C28H28N2O6S2. The Bertz CT molecular complexity index is 1650. The minimum Gasteiger partial charge on any atom is -0.497 e. The van der Waals surface area contributed by atoms with E-state index in [1.54, 1.807) is 62.6 Å². The Labute approximate surface area is 223 Å². The third-order valence-electron chi connectivity index (χ3n) is 5.75. The van der Waals surface area contributed by atoms with Crippen molar-refractivity contribution in [2.24, 2.45) is 0 Å². The molecule has 0 heterocycles. The molecule has 4 aromatic rings. The number of sulfonamides is 2. The van der Waals surface area contributed by atoms with Crippen LogP contribution in [0.25, 0.3) is 0 Å². The summed E-state index contributed by atoms with van der Waals surface area (Å²) in [6.07, 6.45) is 0. The van der Waals surface area contributed by atoms with Gasteiger partial charge in [0.25, 0.3) is 20.0 Å². The normalized spacial score (nSPS) is 11.6. The van der Waals surface area contributed by atoms with Crippen molar-refractivity contribution >= 4 is 31.4 Å². The van der Waals surface area contributed by atoms with Crippen LogP contribution < -0.4 is 18.9 Å². The third-order valence-corrected chi connectivity index (χ3v) is 8.52. The van der Waals surface area contributed by atoms with Gasteiger partial charge in [-0.15, -0.1) is 0 Å². The zero-order valence-corrected chi connectivity index (χ0v) is 23.0. The van der Waals surface area contributed by atoms with Crippen LogP contribution in [0.3, 0.4) is 0 Å². The van der Waals surface area contributed by atoms with E-state index < -0.39 is 20.0 Å². The highest BCUT2D eigenvalue weighted by Gasteiger charge is 2.22. The molecule has 0 bridgehead atoms. The molecule has 0 saturated heterocycles. The lowest BCUT2D eigenvalue weighted by Crippen LogP contribution is -2.18. The molecule has 0 spiro atoms. The van der Waals surface area contributed by atoms with E-state index in [2.05, 4.69) is 9.44 Å². The molecule has 0 fully saturated rings. The van der Waals surface area contributed by atoms with Gasteiger partial charge in [0.1, 0.15) is 17.2 Å². The predicted octanol–water partition coefficient (Wildman–Crippen LogP) is 6.01. The molecule has 0 saturated carbocycles. The Morgan fingerprint density at radius 3 is 1.45 bits per heavy atom. The van der Waals surface area contributed by atoms with Crippen LogP contribution in [-0.4, -0.2) is 23.9 Å². The number of benzene rings is 4. The van der Waals surface area contributed by atoms with E-state index >= 15 is 0 Å². The predicted molar refractivity (Wildman–Crippen MR) is 148 cm³/mol. The molecule has 0 aliphatic rings. The smallest absolute Gasteiger partial charge is 0.261 e. The number of nitrogens with one attached hydrogen (secondary N) is 2. The molecule has 0 aromatic heterocycles. The van der Waals surface area contributed by atoms with Gasteiger partial charge in [-0.05, 0) is 80.9 Å². The summed E-state index contributed by atoms with van der Waals surface area (Å²) < 4.78 is 69.0. The van der Waals surface area contributed by atoms with Crippen molar-refractivity contribution in [3.05, 3.63) is 102 Å². The van der Waals surface area contributed by atoms with Crippen LogP contribution >= 0.6 is 0 Å². The second kappa shape index (κ2) is 10.8. The molecule has 4 aromatic carbocycles. The van der Waals surface area contributed by atoms with Gasteiger partial charge in [-0.1, -0.05) is 35.4 Å². The number of anilines is 2. The number of ether oxygens (including phenoxy) is 2. The van der Waals surface area contributed by atoms with Gasteiger partial charge in [-0.25, -0.2) is 16.8 Å². The van der Waals surface area contributed by atoms with Gasteiger partial charge in [0.2, 0.25) is 0 Å². The number of hydrogen-bond donors (Lipinski definition) is 2. The Kier molecular flexibility index (Phi) is 7.66. The molecule has 0 atom stereocenters. The van der Waals surface area contributed by atoms with E-state index in [4.69, 9.17) is 9.47 Å². The average Bonchev–Trinajstić information content (AvgIpc) is 2.87. The lowest BCUT2D eigenvalue weighted by molar-refractivity contribution is 0.412. The maximum absolute atomic E-state index is 13.2. The topological polar surface area (TPSA) is 111 Å². The number of methoxy groups -OCH3 is 1. The molecule has 0 radical (unpaired) electrons. The lowest BCUT2D eigenvalue weighted by atomic mass is 10.1. The summed E-state index contributed by atoms with van der Waals surface area (Å²) in [6, 6.07) is 22.6. The second-order valence-electron chi connectivity index (χ2n) is 8.78. The molecule has 0 aliphatic carbocycles. The standard InChI is InChI=1S/C28H28N2O6S2/c1-19-5-13-24(14-6-19)37(31,32)29-26-17-21(3)28(36-23-11-9-22(35-4)10-12-23)18-27(26)30-38(33,34)25-15-7-20(2)8-16-25/h5-18,29-30H,1-4H3. The zero-order chi connectivity index (χ0) is 27.5. The highest BCUT2D eigenvalue weighted by molar-refractivity contribution is 7.93. The second-order valence-corrected chi connectivity index (χ2v) is 12.1. The molecule has 0 amide bonds. The third kappa shape index (κ3) is 6.27. The molecule has 0 aliphatic heterocycles. The fourth-order valence-electron chi connectivity index (χ4n) is 3.58. The number of rotatable bonds is 9. The van der Waals surface area contributed by atoms with E-state index in [9.17, 15) is 16.8 Å². The first kappa shape index (κ1) is 27.0. The van der Waals surface area contributed by atoms with Gasteiger partial charge >= 0.3 is 0 Å². The molecule has 10 heteroatoms. The first-order valence-corrected chi connectivity index (χ1v) is 14.6. The van der Waals surface area contributed by atoms with Crippen LogP contribution in [0.1, 0.15) is 16.7 Å². The van der Waals surface area contributed by atoms with E-state index in [1.807, 2.05) is 13.8 Å². The Balaban J connectivity index is 1.75. The Hall–Kier alpha value is -4.02. The molecule has 198 valence electrons. The summed E-state index contributed by atoms with van der Waals surface area (Å²) >= 11 is 0. The van der Waals surface area contributed by atoms with E-state index in [-0.39, 0.29) is 21.2 Å². The van der Waals surface area contributed by atoms with E-state index in [0.29, 0.717) is 22.8 Å². The van der Waals surface area contributed by atoms with Gasteiger partial charge in [0, 0.05) is 6.07 Å². The SMILES string of the molecule is COc1ccc(Oc2cc(NS(=O)(=O)c3ccc(C)cc3)c(NS(=O)(=O)c3ccc(C)cc3)cc2C)cc1. The van der Waals surface area contributed by atoms with Crippen LogP contribution in [0.15, 0.2) is 94.7 Å². The number of aryl methyl sites for hydroxylation is 3. The molecule has 4 rings (SSSR count). The van der Waals surface area contributed by atoms with Crippen molar-refractivity contribution in [3.8, 4) is 17.2 Å². The van der Waals surface area contributed by atoms with Crippen LogP contribution in [0.5, 0.6) is 17.2 Å². The van der Waals surface area contributed by atoms with Crippen molar-refractivity contribution in [2.45, 2.75) is 30.6 Å². The molecule has 38 heavy (non-hydrogen) atoms. The minimum absolute atomic E-state index is 0.00960. The van der Waals surface area contributed by atoms with E-state index in [0.717, 1.165) is 11.1 Å². The summed E-state index contributed by atoms with van der Waals surface area (Å²) in [6.45, 7) is 5.44. The van der Waals surface area contributed by atoms with Crippen molar-refractivity contribution < 1.29 is 26.3 Å². The van der Waals surface area contributed by atoms with Crippen molar-refractivity contribution in [1.29, 1.82) is 0 Å². The summed E-state index contributed by atoms with van der Waals surface area (Å²) in [5.74, 6) is 1.49. The zero-order valence-electron chi connectivity index (χ0n) is 21.3. The Morgan fingerprint density at radius 1 is 0.579 bits per heavy atom. The molecule has 2 N–H and O–H groups in total. The molecular weight excluding hydrogens is 524 g/mol. The van der Waals surface area contributed by atoms with Gasteiger partial charge in [0.15, 0.2) is 0 Å². The quantitative estimate of drug-likeness (QED) is 0.263. The average molecular weight is 553 g/mol. The maximum atomic E-state index is 13.2. The number of hydrogen-bond acceptors (Lipinski definition) is 6. The maximum Gasteiger partial charge on any atom is 0.261 e. The van der Waals surface area contributed by atoms with Gasteiger partial charge in [-0.3, -0.25) is 9.44 Å². The van der Waals surface area contributed by atoms with Crippen LogP contribution in [0, 0.1) is 20.8 Å². The monoisotopic (exact) mass is 552 g/mol. The summed E-state index contributed by atoms with van der Waals surface area (Å²) in [4.78, 5) is 0.0836. The van der Waals surface area contributed by atoms with Crippen molar-refractivity contribution in [2.75, 3.05) is 16.6 Å². The van der Waals surface area contributed by atoms with Crippen molar-refractivity contribution in [3.63, 3.8) is 0 Å². The van der Waals surface area contributed by atoms with Crippen LogP contribution in [-0.2, 0) is 20.0 Å². The fraction of sp³-hybridized carbons (Fsp3) is 0.143. The summed E-state index contributed by atoms with van der Waals surface area (Å²) in [7, 11) is -6.50. The summed E-state index contributed by atoms with van der Waals surface area (Å²) in [5, 5.41) is 0. The summed E-state index contributed by atoms with van der Waals surface area (Å²) in [5.41, 5.74) is 2.46. The van der Waals surface area contributed by atoms with Crippen LogP contribution in [0.4, 0.5) is 11.4 Å². The van der Waals surface area contributed by atoms with Gasteiger partial charge in [0.05, 0.1) is 28.3 Å². The highest BCUT2D eigenvalue weighted by atomic mass is 32.2. The van der Waals surface area contributed by atoms with Crippen molar-refractivity contribution in [1.82, 2.24) is 0 Å². The van der Waals surface area contributed by atoms with Crippen LogP contribution in [0.2, 0.25) is 0 Å². The minimum atomic E-state index is -4.05. The first-order valence-electron chi connectivity index (χ1n) is 11.6. The lowest BCUT2D eigenvalue weighted by Gasteiger charge is -2.18. The fourth-order valence-corrected chi connectivity index (χ4v) is 5.72. The Morgan fingerprint density at radius 2 is 1.00 bits per heavy atom. The molecule has 8 nitrogen and oxygen atoms in total. The van der Waals surface area contributed by atoms with Gasteiger partial charge in [-0.2, -0.15) is 0 Å².